The van der Waals surface area contributed by atoms with Crippen LogP contribution in [0, 0.1) is 6.92 Å². The number of nitrogens with one attached hydrogen (secondary N) is 1. The number of hydrazone groups is 1. The summed E-state index contributed by atoms with van der Waals surface area (Å²) in [5.74, 6) is -0.185. The molecule has 4 rings (SSSR count). The van der Waals surface area contributed by atoms with Crippen LogP contribution in [0.25, 0.3) is 0 Å². The van der Waals surface area contributed by atoms with E-state index in [1.165, 1.54) is 11.9 Å². The molecule has 0 saturated heterocycles. The SMILES string of the molecule is CC(=O)N1N=C(c2cccc(NC(=O)c3ccc(C)cc3)c2)O[C@H]1c1ccccn1. The molecule has 0 spiro atoms. The molecule has 1 aliphatic rings. The van der Waals surface area contributed by atoms with Gasteiger partial charge in [-0.05, 0) is 49.4 Å². The van der Waals surface area contributed by atoms with Crippen molar-refractivity contribution in [2.24, 2.45) is 5.10 Å². The van der Waals surface area contributed by atoms with Crippen molar-refractivity contribution in [3.8, 4) is 0 Å². The molecule has 3 aromatic rings. The predicted molar refractivity (Wildman–Crippen MR) is 113 cm³/mol. The predicted octanol–water partition coefficient (Wildman–Crippen LogP) is 3.88. The van der Waals surface area contributed by atoms with Crippen LogP contribution >= 0.6 is 0 Å². The van der Waals surface area contributed by atoms with Gasteiger partial charge in [-0.15, -0.1) is 5.10 Å². The second-order valence-electron chi connectivity index (χ2n) is 6.89. The average molecular weight is 400 g/mol. The smallest absolute Gasteiger partial charge is 0.255 e. The number of rotatable bonds is 4. The minimum absolute atomic E-state index is 0.210. The van der Waals surface area contributed by atoms with Gasteiger partial charge in [0.05, 0.1) is 0 Å². The van der Waals surface area contributed by atoms with E-state index in [0.29, 0.717) is 22.5 Å². The fraction of sp³-hybridized carbons (Fsp3) is 0.130. The van der Waals surface area contributed by atoms with Gasteiger partial charge in [-0.1, -0.05) is 29.8 Å². The highest BCUT2D eigenvalue weighted by Crippen LogP contribution is 2.29. The molecular formula is C23H20N4O3. The number of hydrogen-bond donors (Lipinski definition) is 1. The van der Waals surface area contributed by atoms with Gasteiger partial charge in [0.25, 0.3) is 5.91 Å². The van der Waals surface area contributed by atoms with Crippen molar-refractivity contribution in [1.82, 2.24) is 9.99 Å². The maximum atomic E-state index is 12.5. The van der Waals surface area contributed by atoms with Crippen molar-refractivity contribution in [3.63, 3.8) is 0 Å². The summed E-state index contributed by atoms with van der Waals surface area (Å²) < 4.78 is 5.95. The summed E-state index contributed by atoms with van der Waals surface area (Å²) in [6.45, 7) is 3.39. The number of hydrogen-bond acceptors (Lipinski definition) is 5. The molecule has 2 heterocycles. The lowest BCUT2D eigenvalue weighted by atomic mass is 10.1. The number of aromatic nitrogens is 1. The molecule has 2 amide bonds. The first kappa shape index (κ1) is 19.3. The Morgan fingerprint density at radius 2 is 1.83 bits per heavy atom. The van der Waals surface area contributed by atoms with E-state index >= 15 is 0 Å². The third kappa shape index (κ3) is 4.05. The summed E-state index contributed by atoms with van der Waals surface area (Å²) in [4.78, 5) is 28.8. The molecule has 0 bridgehead atoms. The van der Waals surface area contributed by atoms with Gasteiger partial charge in [-0.3, -0.25) is 14.6 Å². The summed E-state index contributed by atoms with van der Waals surface area (Å²) in [6.07, 6.45) is 0.903. The van der Waals surface area contributed by atoms with E-state index in [0.717, 1.165) is 5.56 Å². The Hall–Kier alpha value is -4.00. The minimum atomic E-state index is -0.732. The Morgan fingerprint density at radius 3 is 2.53 bits per heavy atom. The van der Waals surface area contributed by atoms with Crippen molar-refractivity contribution < 1.29 is 14.3 Å². The van der Waals surface area contributed by atoms with Crippen LogP contribution in [-0.4, -0.2) is 27.7 Å². The van der Waals surface area contributed by atoms with Gasteiger partial charge in [0, 0.05) is 29.9 Å². The Labute approximate surface area is 174 Å². The number of anilines is 1. The van der Waals surface area contributed by atoms with Gasteiger partial charge < -0.3 is 10.1 Å². The number of aryl methyl sites for hydroxylation is 1. The van der Waals surface area contributed by atoms with Gasteiger partial charge in [0.15, 0.2) is 0 Å². The molecular weight excluding hydrogens is 380 g/mol. The molecule has 0 fully saturated rings. The maximum Gasteiger partial charge on any atom is 0.255 e. The third-order valence-electron chi connectivity index (χ3n) is 4.59. The lowest BCUT2D eigenvalue weighted by Crippen LogP contribution is -2.25. The quantitative estimate of drug-likeness (QED) is 0.720. The number of carbonyl (C=O) groups excluding carboxylic acids is 2. The van der Waals surface area contributed by atoms with E-state index in [-0.39, 0.29) is 17.7 Å². The van der Waals surface area contributed by atoms with Gasteiger partial charge in [0.2, 0.25) is 18.0 Å². The minimum Gasteiger partial charge on any atom is -0.444 e. The Kier molecular flexibility index (Phi) is 5.26. The molecule has 1 aromatic heterocycles. The van der Waals surface area contributed by atoms with Crippen LogP contribution in [0.4, 0.5) is 5.69 Å². The Balaban J connectivity index is 1.56. The van der Waals surface area contributed by atoms with E-state index in [9.17, 15) is 9.59 Å². The zero-order chi connectivity index (χ0) is 21.1. The standard InChI is InChI=1S/C23H20N4O3/c1-15-9-11-17(12-10-15)21(29)25-19-7-5-6-18(14-19)22-26-27(16(2)28)23(30-22)20-8-3-4-13-24-20/h3-14,23H,1-2H3,(H,25,29)/t23-/m0/s1. The molecule has 1 N–H and O–H groups in total. The molecule has 1 aliphatic heterocycles. The van der Waals surface area contributed by atoms with Crippen LogP contribution in [0.1, 0.15) is 40.3 Å². The summed E-state index contributed by atoms with van der Waals surface area (Å²) in [5, 5.41) is 8.46. The second-order valence-corrected chi connectivity index (χ2v) is 6.89. The second kappa shape index (κ2) is 8.16. The number of carbonyl (C=O) groups is 2. The van der Waals surface area contributed by atoms with E-state index in [2.05, 4.69) is 15.4 Å². The van der Waals surface area contributed by atoms with E-state index in [1.54, 1.807) is 54.7 Å². The zero-order valence-corrected chi connectivity index (χ0v) is 16.6. The fourth-order valence-electron chi connectivity index (χ4n) is 3.04. The van der Waals surface area contributed by atoms with E-state index in [4.69, 9.17) is 4.74 Å². The molecule has 7 nitrogen and oxygen atoms in total. The Morgan fingerprint density at radius 1 is 1.03 bits per heavy atom. The first-order valence-corrected chi connectivity index (χ1v) is 9.46. The largest absolute Gasteiger partial charge is 0.444 e. The summed E-state index contributed by atoms with van der Waals surface area (Å²) in [7, 11) is 0. The number of amides is 2. The van der Waals surface area contributed by atoms with E-state index < -0.39 is 6.23 Å². The number of nitrogens with zero attached hydrogens (tertiary/aromatic N) is 3. The molecule has 1 atom stereocenters. The molecule has 0 saturated carbocycles. The van der Waals surface area contributed by atoms with Crippen molar-refractivity contribution >= 4 is 23.4 Å². The van der Waals surface area contributed by atoms with Crippen LogP contribution < -0.4 is 5.32 Å². The van der Waals surface area contributed by atoms with Crippen molar-refractivity contribution in [2.45, 2.75) is 20.1 Å². The number of ether oxygens (including phenoxy) is 1. The molecule has 0 aliphatic carbocycles. The molecule has 0 radical (unpaired) electrons. The highest BCUT2D eigenvalue weighted by Gasteiger charge is 2.34. The average Bonchev–Trinajstić information content (AvgIpc) is 3.21. The zero-order valence-electron chi connectivity index (χ0n) is 16.6. The Bertz CT molecular complexity index is 1110. The summed E-state index contributed by atoms with van der Waals surface area (Å²) >= 11 is 0. The highest BCUT2D eigenvalue weighted by molar-refractivity contribution is 6.05. The van der Waals surface area contributed by atoms with Crippen LogP contribution in [0.2, 0.25) is 0 Å². The van der Waals surface area contributed by atoms with Gasteiger partial charge >= 0.3 is 0 Å². The van der Waals surface area contributed by atoms with Crippen molar-refractivity contribution in [1.29, 1.82) is 0 Å². The topological polar surface area (TPSA) is 83.9 Å². The maximum absolute atomic E-state index is 12.5. The lowest BCUT2D eigenvalue weighted by Gasteiger charge is -2.18. The van der Waals surface area contributed by atoms with Gasteiger partial charge in [-0.25, -0.2) is 0 Å². The highest BCUT2D eigenvalue weighted by atomic mass is 16.5. The van der Waals surface area contributed by atoms with E-state index in [1.807, 2.05) is 25.1 Å². The van der Waals surface area contributed by atoms with Crippen LogP contribution in [0.15, 0.2) is 78.0 Å². The first-order chi connectivity index (χ1) is 14.5. The molecule has 2 aromatic carbocycles. The molecule has 7 heteroatoms. The summed E-state index contributed by atoms with van der Waals surface area (Å²) in [6, 6.07) is 19.9. The van der Waals surface area contributed by atoms with Gasteiger partial charge in [0.1, 0.15) is 5.69 Å². The normalized spacial score (nSPS) is 15.3. The van der Waals surface area contributed by atoms with Gasteiger partial charge in [-0.2, -0.15) is 5.01 Å². The van der Waals surface area contributed by atoms with Crippen LogP contribution in [-0.2, 0) is 9.53 Å². The lowest BCUT2D eigenvalue weighted by molar-refractivity contribution is -0.135. The third-order valence-corrected chi connectivity index (χ3v) is 4.59. The monoisotopic (exact) mass is 400 g/mol. The van der Waals surface area contributed by atoms with Crippen LogP contribution in [0.5, 0.6) is 0 Å². The molecule has 150 valence electrons. The molecule has 0 unspecified atom stereocenters. The van der Waals surface area contributed by atoms with Crippen LogP contribution in [0.3, 0.4) is 0 Å². The fourth-order valence-corrected chi connectivity index (χ4v) is 3.04. The first-order valence-electron chi connectivity index (χ1n) is 9.46. The number of benzene rings is 2. The summed E-state index contributed by atoms with van der Waals surface area (Å²) in [5.41, 5.74) is 3.47. The van der Waals surface area contributed by atoms with Crippen molar-refractivity contribution in [2.75, 3.05) is 5.32 Å². The van der Waals surface area contributed by atoms with Crippen molar-refractivity contribution in [3.05, 3.63) is 95.3 Å². The number of pyridine rings is 1. The molecule has 30 heavy (non-hydrogen) atoms.